The van der Waals surface area contributed by atoms with Crippen LogP contribution in [0.5, 0.6) is 0 Å². The monoisotopic (exact) mass is 945 g/mol. The molecule has 0 amide bonds. The maximum absolute atomic E-state index is 12.8. The number of unbranched alkanes of at least 4 members (excludes halogenated alkanes) is 12. The first-order chi connectivity index (χ1) is 33.1. The number of likely N-dealkylation sites (N-methyl/N-ethyl adjacent to an activating group) is 1. The fraction of sp³-hybridized carbons (Fsp3) is 0.617. The van der Waals surface area contributed by atoms with Gasteiger partial charge in [0.25, 0.3) is 0 Å². The van der Waals surface area contributed by atoms with Gasteiger partial charge in [0.05, 0.1) is 34.4 Å². The van der Waals surface area contributed by atoms with Crippen LogP contribution in [0.3, 0.4) is 0 Å². The second-order valence-electron chi connectivity index (χ2n) is 18.4. The van der Waals surface area contributed by atoms with Crippen LogP contribution in [0.1, 0.15) is 187 Å². The largest absolute Gasteiger partial charge is 0.477 e. The standard InChI is InChI=1S/C60H97NO7/c1-6-8-10-12-14-16-18-20-22-24-26-28-30-32-34-36-38-40-42-44-46-48-50-58(62)67-55-56(54-66-53-52-57(60(64)65)61(3,4)5)68-59(63)51-49-47-45-43-41-39-37-35-33-31-29-27-25-23-21-19-17-15-13-11-9-7-2/h8-11,14-17,20-23,26-29,32-35,56-57H,6-7,12-13,18-19,24-25,30-31,36-55H2,1-5H3/p+1/b10-8+,11-9+,16-14+,17-15+,22-20+,23-21+,28-26+,29-27+,34-32+,35-33+. The Morgan fingerprint density at radius 1 is 0.441 bits per heavy atom. The van der Waals surface area contributed by atoms with Crippen molar-refractivity contribution in [2.45, 2.75) is 199 Å². The number of hydrogen-bond acceptors (Lipinski definition) is 6. The molecule has 0 spiro atoms. The first kappa shape index (κ1) is 63.7. The van der Waals surface area contributed by atoms with Crippen molar-refractivity contribution in [3.63, 3.8) is 0 Å². The maximum Gasteiger partial charge on any atom is 0.362 e. The van der Waals surface area contributed by atoms with E-state index in [4.69, 9.17) is 14.2 Å². The average Bonchev–Trinajstić information content (AvgIpc) is 3.30. The molecule has 0 aromatic rings. The molecule has 0 aliphatic carbocycles. The number of allylic oxidation sites excluding steroid dienone is 20. The minimum atomic E-state index is -0.885. The summed E-state index contributed by atoms with van der Waals surface area (Å²) in [7, 11) is 5.51. The zero-order valence-corrected chi connectivity index (χ0v) is 43.8. The number of quaternary nitrogens is 1. The molecule has 0 saturated heterocycles. The highest BCUT2D eigenvalue weighted by atomic mass is 16.6. The summed E-state index contributed by atoms with van der Waals surface area (Å²) in [6.07, 6.45) is 69.6. The number of ether oxygens (including phenoxy) is 3. The van der Waals surface area contributed by atoms with Crippen molar-refractivity contribution in [3.8, 4) is 0 Å². The predicted molar refractivity (Wildman–Crippen MR) is 289 cm³/mol. The third kappa shape index (κ3) is 46.8. The van der Waals surface area contributed by atoms with E-state index >= 15 is 0 Å². The van der Waals surface area contributed by atoms with Crippen LogP contribution < -0.4 is 0 Å². The van der Waals surface area contributed by atoms with Crippen LogP contribution in [0.25, 0.3) is 0 Å². The number of aliphatic carboxylic acids is 1. The van der Waals surface area contributed by atoms with E-state index in [1.165, 1.54) is 25.7 Å². The van der Waals surface area contributed by atoms with E-state index in [-0.39, 0.29) is 36.2 Å². The molecule has 2 atom stereocenters. The van der Waals surface area contributed by atoms with Gasteiger partial charge >= 0.3 is 17.9 Å². The molecule has 384 valence electrons. The molecule has 0 aromatic heterocycles. The summed E-state index contributed by atoms with van der Waals surface area (Å²) in [5.74, 6) is -1.52. The van der Waals surface area contributed by atoms with Gasteiger partial charge in [-0.05, 0) is 103 Å². The van der Waals surface area contributed by atoms with Gasteiger partial charge in [-0.1, -0.05) is 187 Å². The van der Waals surface area contributed by atoms with Gasteiger partial charge in [0.1, 0.15) is 6.61 Å². The van der Waals surface area contributed by atoms with Crippen LogP contribution in [0, 0.1) is 0 Å². The molecule has 0 fully saturated rings. The van der Waals surface area contributed by atoms with Gasteiger partial charge in [-0.2, -0.15) is 0 Å². The van der Waals surface area contributed by atoms with Crippen molar-refractivity contribution >= 4 is 17.9 Å². The van der Waals surface area contributed by atoms with Crippen molar-refractivity contribution in [1.29, 1.82) is 0 Å². The minimum absolute atomic E-state index is 0.0417. The molecule has 0 aliphatic heterocycles. The van der Waals surface area contributed by atoms with Gasteiger partial charge < -0.3 is 23.8 Å². The Kier molecular flexibility index (Phi) is 46.1. The predicted octanol–water partition coefficient (Wildman–Crippen LogP) is 15.8. The normalized spacial score (nSPS) is 13.8. The molecule has 8 heteroatoms. The smallest absolute Gasteiger partial charge is 0.362 e. The summed E-state index contributed by atoms with van der Waals surface area (Å²) in [5.41, 5.74) is 0. The fourth-order valence-corrected chi connectivity index (χ4v) is 7.09. The zero-order chi connectivity index (χ0) is 49.9. The molecule has 0 bridgehead atoms. The van der Waals surface area contributed by atoms with Gasteiger partial charge in [0.15, 0.2) is 12.1 Å². The number of carboxylic acid groups (broad SMARTS) is 1. The average molecular weight is 945 g/mol. The molecule has 0 aromatic carbocycles. The van der Waals surface area contributed by atoms with E-state index in [2.05, 4.69) is 135 Å². The number of esters is 2. The lowest BCUT2D eigenvalue weighted by molar-refractivity contribution is -0.887. The Bertz CT molecular complexity index is 1520. The van der Waals surface area contributed by atoms with Crippen LogP contribution >= 0.6 is 0 Å². The Morgan fingerprint density at radius 2 is 0.779 bits per heavy atom. The second-order valence-corrected chi connectivity index (χ2v) is 18.4. The lowest BCUT2D eigenvalue weighted by Crippen LogP contribution is -2.50. The van der Waals surface area contributed by atoms with Gasteiger partial charge in [0.2, 0.25) is 0 Å². The Balaban J connectivity index is 4.33. The van der Waals surface area contributed by atoms with E-state index in [1.54, 1.807) is 0 Å². The zero-order valence-electron chi connectivity index (χ0n) is 43.8. The number of hydrogen-bond donors (Lipinski definition) is 1. The number of carboxylic acids is 1. The summed E-state index contributed by atoms with van der Waals surface area (Å²) in [6, 6.07) is -0.629. The molecule has 1 N–H and O–H groups in total. The third-order valence-electron chi connectivity index (χ3n) is 11.1. The van der Waals surface area contributed by atoms with Crippen LogP contribution in [0.4, 0.5) is 0 Å². The first-order valence-electron chi connectivity index (χ1n) is 26.6. The maximum atomic E-state index is 12.8. The lowest BCUT2D eigenvalue weighted by Gasteiger charge is -2.31. The van der Waals surface area contributed by atoms with E-state index in [1.807, 2.05) is 21.1 Å². The fourth-order valence-electron chi connectivity index (χ4n) is 7.09. The van der Waals surface area contributed by atoms with Crippen LogP contribution in [-0.2, 0) is 28.6 Å². The van der Waals surface area contributed by atoms with Crippen LogP contribution in [0.2, 0.25) is 0 Å². The molecule has 68 heavy (non-hydrogen) atoms. The summed E-state index contributed by atoms with van der Waals surface area (Å²) >= 11 is 0. The number of carbonyl (C=O) groups excluding carboxylic acids is 2. The van der Waals surface area contributed by atoms with E-state index in [9.17, 15) is 19.5 Å². The Morgan fingerprint density at radius 3 is 1.15 bits per heavy atom. The number of carbonyl (C=O) groups is 3. The minimum Gasteiger partial charge on any atom is -0.477 e. The van der Waals surface area contributed by atoms with Crippen molar-refractivity contribution in [2.75, 3.05) is 41.0 Å². The molecular weight excluding hydrogens is 847 g/mol. The molecular formula is C60H98NO7+. The van der Waals surface area contributed by atoms with Crippen LogP contribution in [0.15, 0.2) is 122 Å². The topological polar surface area (TPSA) is 99.1 Å². The number of rotatable bonds is 46. The lowest BCUT2D eigenvalue weighted by atomic mass is 10.1. The highest BCUT2D eigenvalue weighted by Gasteiger charge is 2.31. The van der Waals surface area contributed by atoms with Gasteiger partial charge in [-0.15, -0.1) is 0 Å². The molecule has 0 heterocycles. The highest BCUT2D eigenvalue weighted by Crippen LogP contribution is 2.14. The first-order valence-corrected chi connectivity index (χ1v) is 26.6. The molecule has 0 rings (SSSR count). The van der Waals surface area contributed by atoms with Crippen molar-refractivity contribution < 1.29 is 38.2 Å². The molecule has 8 nitrogen and oxygen atoms in total. The van der Waals surface area contributed by atoms with Crippen molar-refractivity contribution in [2.24, 2.45) is 0 Å². The molecule has 0 aliphatic rings. The van der Waals surface area contributed by atoms with E-state index < -0.39 is 18.1 Å². The summed E-state index contributed by atoms with van der Waals surface area (Å²) < 4.78 is 17.3. The highest BCUT2D eigenvalue weighted by molar-refractivity contribution is 5.72. The molecule has 0 saturated carbocycles. The molecule has 2 unspecified atom stereocenters. The second kappa shape index (κ2) is 49.2. The van der Waals surface area contributed by atoms with Crippen molar-refractivity contribution in [1.82, 2.24) is 0 Å². The van der Waals surface area contributed by atoms with Gasteiger partial charge in [-0.3, -0.25) is 9.59 Å². The Labute approximate surface area is 416 Å². The quantitative estimate of drug-likeness (QED) is 0.0281. The van der Waals surface area contributed by atoms with Crippen LogP contribution in [-0.4, -0.2) is 80.6 Å². The van der Waals surface area contributed by atoms with Gasteiger partial charge in [0, 0.05) is 19.3 Å². The van der Waals surface area contributed by atoms with E-state index in [0.29, 0.717) is 19.3 Å². The summed E-state index contributed by atoms with van der Waals surface area (Å²) in [5, 5.41) is 9.67. The van der Waals surface area contributed by atoms with Crippen molar-refractivity contribution in [3.05, 3.63) is 122 Å². The van der Waals surface area contributed by atoms with E-state index in [0.717, 1.165) is 128 Å². The number of nitrogens with zero attached hydrogens (tertiary/aromatic N) is 1. The SMILES string of the molecule is CC/C=C/C/C=C/C/C=C/C/C=C/C/C=C/CCCCCCCCC(=O)OCC(COCCC(C(=O)O)[N+](C)(C)C)OC(=O)CCCCCCCC/C=C/C/C=C/C/C=C/C/C=C/C/C=C/CC. The third-order valence-corrected chi connectivity index (χ3v) is 11.1. The molecule has 0 radical (unpaired) electrons. The summed E-state index contributed by atoms with van der Waals surface area (Å²) in [4.78, 5) is 37.2. The van der Waals surface area contributed by atoms with Gasteiger partial charge in [-0.25, -0.2) is 4.79 Å². The Hall–Kier alpha value is -4.27. The summed E-state index contributed by atoms with van der Waals surface area (Å²) in [6.45, 7) is 4.47.